The third-order valence-electron chi connectivity index (χ3n) is 7.10. The standard InChI is InChI=1S/C26H36N/c1-18-13-20-14-21(19-9-7-6-8-10-19)15-22(20)16-24(18)25-12-11-23(17-27(25)5)26(2,3)4/h11-13,16-17,19,21H,6-10,14-15H2,1-5H3/q+1. The van der Waals surface area contributed by atoms with E-state index in [1.54, 1.807) is 11.1 Å². The summed E-state index contributed by atoms with van der Waals surface area (Å²) in [6, 6.07) is 9.64. The van der Waals surface area contributed by atoms with Gasteiger partial charge in [0.1, 0.15) is 7.05 Å². The first-order chi connectivity index (χ1) is 12.8. The molecule has 1 unspecified atom stereocenters. The molecule has 2 aromatic rings. The van der Waals surface area contributed by atoms with Gasteiger partial charge in [-0.05, 0) is 65.8 Å². The van der Waals surface area contributed by atoms with E-state index in [1.165, 1.54) is 67.3 Å². The average Bonchev–Trinajstić information content (AvgIpc) is 3.04. The quantitative estimate of drug-likeness (QED) is 0.570. The van der Waals surface area contributed by atoms with E-state index in [0.717, 1.165) is 11.8 Å². The molecule has 1 saturated carbocycles. The van der Waals surface area contributed by atoms with Crippen molar-refractivity contribution >= 4 is 0 Å². The van der Waals surface area contributed by atoms with Crippen molar-refractivity contribution in [3.8, 4) is 11.3 Å². The smallest absolute Gasteiger partial charge is 0.201 e. The normalized spacial score (nSPS) is 20.7. The molecule has 1 aromatic carbocycles. The van der Waals surface area contributed by atoms with Gasteiger partial charge >= 0.3 is 0 Å². The highest BCUT2D eigenvalue weighted by molar-refractivity contribution is 5.64. The molecule has 0 bridgehead atoms. The lowest BCUT2D eigenvalue weighted by Crippen LogP contribution is -2.33. The molecular weight excluding hydrogens is 326 g/mol. The fourth-order valence-electron chi connectivity index (χ4n) is 5.38. The molecule has 4 rings (SSSR count). The van der Waals surface area contributed by atoms with Gasteiger partial charge in [-0.25, -0.2) is 4.57 Å². The second-order valence-corrected chi connectivity index (χ2v) is 10.2. The van der Waals surface area contributed by atoms with Gasteiger partial charge in [0.05, 0.1) is 0 Å². The molecule has 1 aromatic heterocycles. The van der Waals surface area contributed by atoms with Gasteiger partial charge in [0, 0.05) is 17.2 Å². The molecule has 1 fully saturated rings. The summed E-state index contributed by atoms with van der Waals surface area (Å²) in [5, 5.41) is 0. The summed E-state index contributed by atoms with van der Waals surface area (Å²) in [4.78, 5) is 0. The molecule has 2 aliphatic rings. The Kier molecular flexibility index (Phi) is 4.91. The van der Waals surface area contributed by atoms with Crippen molar-refractivity contribution in [1.29, 1.82) is 0 Å². The van der Waals surface area contributed by atoms with Crippen LogP contribution in [0, 0.1) is 18.8 Å². The van der Waals surface area contributed by atoms with E-state index in [2.05, 4.69) is 69.8 Å². The molecular formula is C26H36N+. The number of pyridine rings is 1. The zero-order valence-corrected chi connectivity index (χ0v) is 17.9. The second kappa shape index (κ2) is 7.08. The SMILES string of the molecule is Cc1cc2c(cc1-c1ccc(C(C)(C)C)c[n+]1C)CC(C1CCCCC1)C2. The molecule has 1 heteroatoms. The zero-order valence-electron chi connectivity index (χ0n) is 17.9. The van der Waals surface area contributed by atoms with E-state index >= 15 is 0 Å². The maximum absolute atomic E-state index is 2.51. The minimum Gasteiger partial charge on any atom is -0.201 e. The summed E-state index contributed by atoms with van der Waals surface area (Å²) in [6.45, 7) is 9.15. The van der Waals surface area contributed by atoms with Crippen molar-refractivity contribution < 1.29 is 4.57 Å². The number of fused-ring (bicyclic) bond motifs is 1. The lowest BCUT2D eigenvalue weighted by molar-refractivity contribution is -0.661. The second-order valence-electron chi connectivity index (χ2n) is 10.2. The Morgan fingerprint density at radius 1 is 0.889 bits per heavy atom. The summed E-state index contributed by atoms with van der Waals surface area (Å²) in [6.07, 6.45) is 12.2. The minimum atomic E-state index is 0.191. The molecule has 0 saturated heterocycles. The monoisotopic (exact) mass is 362 g/mol. The van der Waals surface area contributed by atoms with Crippen molar-refractivity contribution in [3.05, 3.63) is 52.7 Å². The number of hydrogen-bond donors (Lipinski definition) is 0. The van der Waals surface area contributed by atoms with Gasteiger partial charge in [-0.3, -0.25) is 0 Å². The summed E-state index contributed by atoms with van der Waals surface area (Å²) < 4.78 is 2.32. The number of rotatable bonds is 2. The van der Waals surface area contributed by atoms with Gasteiger partial charge in [-0.2, -0.15) is 0 Å². The number of nitrogens with zero attached hydrogens (tertiary/aromatic N) is 1. The highest BCUT2D eigenvalue weighted by atomic mass is 14.9. The minimum absolute atomic E-state index is 0.191. The van der Waals surface area contributed by atoms with Crippen molar-refractivity contribution in [2.75, 3.05) is 0 Å². The Balaban J connectivity index is 1.63. The van der Waals surface area contributed by atoms with Crippen molar-refractivity contribution in [2.45, 2.75) is 78.1 Å². The maximum Gasteiger partial charge on any atom is 0.212 e. The fourth-order valence-corrected chi connectivity index (χ4v) is 5.38. The van der Waals surface area contributed by atoms with Crippen LogP contribution in [-0.2, 0) is 25.3 Å². The Bertz CT molecular complexity index is 834. The topological polar surface area (TPSA) is 3.88 Å². The Morgan fingerprint density at radius 2 is 1.56 bits per heavy atom. The molecule has 0 N–H and O–H groups in total. The highest BCUT2D eigenvalue weighted by Gasteiger charge is 2.31. The maximum atomic E-state index is 2.51. The number of benzene rings is 1. The number of aryl methyl sites for hydroxylation is 2. The first kappa shape index (κ1) is 18.7. The molecule has 144 valence electrons. The predicted octanol–water partition coefficient (Wildman–Crippen LogP) is 6.08. The Morgan fingerprint density at radius 3 is 2.19 bits per heavy atom. The van der Waals surface area contributed by atoms with E-state index in [1.807, 2.05) is 0 Å². The molecule has 0 spiro atoms. The van der Waals surface area contributed by atoms with Crippen LogP contribution in [0.3, 0.4) is 0 Å². The van der Waals surface area contributed by atoms with Crippen LogP contribution < -0.4 is 4.57 Å². The van der Waals surface area contributed by atoms with Crippen LogP contribution in [0.1, 0.15) is 75.1 Å². The highest BCUT2D eigenvalue weighted by Crippen LogP contribution is 2.40. The van der Waals surface area contributed by atoms with Crippen LogP contribution in [-0.4, -0.2) is 0 Å². The summed E-state index contributed by atoms with van der Waals surface area (Å²) in [5.41, 5.74) is 9.01. The molecule has 1 nitrogen and oxygen atoms in total. The van der Waals surface area contributed by atoms with Crippen LogP contribution in [0.25, 0.3) is 11.3 Å². The summed E-state index contributed by atoms with van der Waals surface area (Å²) in [7, 11) is 2.20. The van der Waals surface area contributed by atoms with Gasteiger partial charge in [-0.1, -0.05) is 58.9 Å². The third kappa shape index (κ3) is 3.71. The lowest BCUT2D eigenvalue weighted by Gasteiger charge is -2.27. The van der Waals surface area contributed by atoms with Gasteiger partial charge in [0.15, 0.2) is 6.20 Å². The largest absolute Gasteiger partial charge is 0.212 e. The Hall–Kier alpha value is -1.63. The van der Waals surface area contributed by atoms with Crippen molar-refractivity contribution in [1.82, 2.24) is 0 Å². The van der Waals surface area contributed by atoms with Crippen LogP contribution in [0.4, 0.5) is 0 Å². The van der Waals surface area contributed by atoms with E-state index in [0.29, 0.717) is 0 Å². The first-order valence-electron chi connectivity index (χ1n) is 11.0. The van der Waals surface area contributed by atoms with Crippen LogP contribution in [0.15, 0.2) is 30.5 Å². The Labute approximate surface area is 165 Å². The third-order valence-corrected chi connectivity index (χ3v) is 7.10. The number of aromatic nitrogens is 1. The van der Waals surface area contributed by atoms with Gasteiger partial charge in [0.2, 0.25) is 5.69 Å². The van der Waals surface area contributed by atoms with Crippen LogP contribution in [0.2, 0.25) is 0 Å². The lowest BCUT2D eigenvalue weighted by atomic mass is 9.79. The fraction of sp³-hybridized carbons (Fsp3) is 0.577. The summed E-state index contributed by atoms with van der Waals surface area (Å²) >= 11 is 0. The molecule has 0 aliphatic heterocycles. The number of hydrogen-bond acceptors (Lipinski definition) is 0. The van der Waals surface area contributed by atoms with E-state index < -0.39 is 0 Å². The van der Waals surface area contributed by atoms with Crippen LogP contribution >= 0.6 is 0 Å². The van der Waals surface area contributed by atoms with Crippen molar-refractivity contribution in [2.24, 2.45) is 18.9 Å². The first-order valence-corrected chi connectivity index (χ1v) is 11.0. The van der Waals surface area contributed by atoms with Crippen molar-refractivity contribution in [3.63, 3.8) is 0 Å². The summed E-state index contributed by atoms with van der Waals surface area (Å²) in [5.74, 6) is 1.86. The molecule has 2 aliphatic carbocycles. The predicted molar refractivity (Wildman–Crippen MR) is 114 cm³/mol. The molecule has 27 heavy (non-hydrogen) atoms. The van der Waals surface area contributed by atoms with Gasteiger partial charge in [0.25, 0.3) is 0 Å². The molecule has 1 heterocycles. The molecule has 0 amide bonds. The van der Waals surface area contributed by atoms with Gasteiger partial charge < -0.3 is 0 Å². The molecule has 1 atom stereocenters. The zero-order chi connectivity index (χ0) is 19.2. The molecule has 0 radical (unpaired) electrons. The van der Waals surface area contributed by atoms with Crippen LogP contribution in [0.5, 0.6) is 0 Å². The van der Waals surface area contributed by atoms with E-state index in [4.69, 9.17) is 0 Å². The van der Waals surface area contributed by atoms with E-state index in [-0.39, 0.29) is 5.41 Å². The average molecular weight is 363 g/mol. The van der Waals surface area contributed by atoms with Gasteiger partial charge in [-0.15, -0.1) is 0 Å². The van der Waals surface area contributed by atoms with E-state index in [9.17, 15) is 0 Å².